The van der Waals surface area contributed by atoms with Gasteiger partial charge in [0.15, 0.2) is 0 Å². The van der Waals surface area contributed by atoms with E-state index in [1.807, 2.05) is 13.8 Å². The van der Waals surface area contributed by atoms with Crippen LogP contribution in [0.25, 0.3) is 0 Å². The van der Waals surface area contributed by atoms with Gasteiger partial charge in [0.25, 0.3) is 5.91 Å². The van der Waals surface area contributed by atoms with E-state index in [1.54, 1.807) is 18.3 Å². The van der Waals surface area contributed by atoms with Gasteiger partial charge in [-0.05, 0) is 26.0 Å². The van der Waals surface area contributed by atoms with Gasteiger partial charge in [0, 0.05) is 18.4 Å². The molecule has 0 unspecified atom stereocenters. The Bertz CT molecular complexity index is 287. The maximum Gasteiger partial charge on any atom is 0.253 e. The number of nitrogens with zero attached hydrogens (tertiary/aromatic N) is 1. The van der Waals surface area contributed by atoms with Crippen LogP contribution < -0.4 is 5.32 Å². The van der Waals surface area contributed by atoms with Crippen LogP contribution in [0.4, 0.5) is 0 Å². The highest BCUT2D eigenvalue weighted by Crippen LogP contribution is 2.02. The van der Waals surface area contributed by atoms with Gasteiger partial charge in [0.1, 0.15) is 0 Å². The summed E-state index contributed by atoms with van der Waals surface area (Å²) in [6, 6.07) is 3.53. The fourth-order valence-electron chi connectivity index (χ4n) is 0.980. The molecule has 1 amide bonds. The normalized spacial score (nSPS) is 8.77. The molecule has 0 spiro atoms. The minimum Gasteiger partial charge on any atom is -0.412 e. The first-order valence-corrected chi connectivity index (χ1v) is 3.95. The average Bonchev–Trinajstić information content (AvgIpc) is 2.05. The van der Waals surface area contributed by atoms with Crippen LogP contribution in [0.15, 0.2) is 18.3 Å². The molecule has 3 N–H and O–H groups in total. The third-order valence-corrected chi connectivity index (χ3v) is 1.59. The van der Waals surface area contributed by atoms with Gasteiger partial charge in [-0.15, -0.1) is 0 Å². The Labute approximate surface area is 77.3 Å². The predicted octanol–water partition coefficient (Wildman–Crippen LogP) is 0.315. The number of nitrogens with one attached hydrogen (secondary N) is 1. The highest BCUT2D eigenvalue weighted by atomic mass is 16.1. The summed E-state index contributed by atoms with van der Waals surface area (Å²) in [6.07, 6.45) is 1.68. The fraction of sp³-hybridized carbons (Fsp3) is 0.333. The largest absolute Gasteiger partial charge is 0.412 e. The van der Waals surface area contributed by atoms with Crippen LogP contribution in [0.1, 0.15) is 23.0 Å². The molecule has 0 radical (unpaired) electrons. The van der Waals surface area contributed by atoms with Crippen molar-refractivity contribution in [1.29, 1.82) is 0 Å². The summed E-state index contributed by atoms with van der Waals surface area (Å²) in [6.45, 7) is 4.36. The smallest absolute Gasteiger partial charge is 0.253 e. The summed E-state index contributed by atoms with van der Waals surface area (Å²) in [4.78, 5) is 15.3. The van der Waals surface area contributed by atoms with Gasteiger partial charge in [0.05, 0.1) is 5.56 Å². The second kappa shape index (κ2) is 5.27. The molecule has 1 rings (SSSR count). The highest BCUT2D eigenvalue weighted by Gasteiger charge is 2.06. The quantitative estimate of drug-likeness (QED) is 0.715. The molecule has 0 aliphatic carbocycles. The fourth-order valence-corrected chi connectivity index (χ4v) is 0.980. The van der Waals surface area contributed by atoms with Crippen LogP contribution >= 0.6 is 0 Å². The molecule has 13 heavy (non-hydrogen) atoms. The van der Waals surface area contributed by atoms with E-state index in [-0.39, 0.29) is 11.4 Å². The summed E-state index contributed by atoms with van der Waals surface area (Å²) in [5.74, 6) is -0.0527. The van der Waals surface area contributed by atoms with Crippen molar-refractivity contribution < 1.29 is 10.3 Å². The molecule has 4 heteroatoms. The van der Waals surface area contributed by atoms with Gasteiger partial charge in [-0.3, -0.25) is 9.78 Å². The number of aromatic nitrogens is 1. The van der Waals surface area contributed by atoms with E-state index >= 15 is 0 Å². The maximum atomic E-state index is 11.3. The number of carbonyl (C=O) groups excluding carboxylic acids is 1. The van der Waals surface area contributed by atoms with Crippen LogP contribution in [0.2, 0.25) is 0 Å². The molecule has 0 aliphatic rings. The van der Waals surface area contributed by atoms with E-state index in [1.165, 1.54) is 0 Å². The lowest BCUT2D eigenvalue weighted by Gasteiger charge is -2.03. The van der Waals surface area contributed by atoms with Crippen LogP contribution in [-0.2, 0) is 0 Å². The second-order valence-electron chi connectivity index (χ2n) is 2.50. The molecule has 1 aromatic rings. The minimum absolute atomic E-state index is 0. The third kappa shape index (κ3) is 2.83. The Morgan fingerprint density at radius 3 is 2.85 bits per heavy atom. The first-order valence-electron chi connectivity index (χ1n) is 3.95. The monoisotopic (exact) mass is 182 g/mol. The van der Waals surface area contributed by atoms with Crippen molar-refractivity contribution in [3.63, 3.8) is 0 Å². The average molecular weight is 182 g/mol. The topological polar surface area (TPSA) is 73.5 Å². The molecule has 1 aromatic heterocycles. The first kappa shape index (κ1) is 11.6. The Morgan fingerprint density at radius 1 is 1.62 bits per heavy atom. The zero-order chi connectivity index (χ0) is 8.97. The van der Waals surface area contributed by atoms with E-state index in [9.17, 15) is 4.79 Å². The van der Waals surface area contributed by atoms with E-state index < -0.39 is 0 Å². The molecule has 0 aliphatic heterocycles. The molecule has 1 heterocycles. The number of pyridine rings is 1. The number of hydrogen-bond donors (Lipinski definition) is 1. The van der Waals surface area contributed by atoms with E-state index in [4.69, 9.17) is 0 Å². The van der Waals surface area contributed by atoms with Gasteiger partial charge in [-0.2, -0.15) is 0 Å². The first-order chi connectivity index (χ1) is 5.75. The Morgan fingerprint density at radius 2 is 2.31 bits per heavy atom. The lowest BCUT2D eigenvalue weighted by atomic mass is 10.2. The molecule has 0 fully saturated rings. The van der Waals surface area contributed by atoms with Gasteiger partial charge in [-0.25, -0.2) is 0 Å². The zero-order valence-electron chi connectivity index (χ0n) is 7.79. The van der Waals surface area contributed by atoms with Gasteiger partial charge in [0.2, 0.25) is 0 Å². The number of carbonyl (C=O) groups is 1. The Kier molecular flexibility index (Phi) is 4.69. The Balaban J connectivity index is 0.00000144. The van der Waals surface area contributed by atoms with Crippen molar-refractivity contribution in [2.75, 3.05) is 6.54 Å². The molecule has 0 saturated carbocycles. The van der Waals surface area contributed by atoms with Crippen LogP contribution in [-0.4, -0.2) is 22.9 Å². The summed E-state index contributed by atoms with van der Waals surface area (Å²) < 4.78 is 0. The van der Waals surface area contributed by atoms with Gasteiger partial charge >= 0.3 is 0 Å². The Hall–Kier alpha value is -1.42. The van der Waals surface area contributed by atoms with Crippen LogP contribution in [0.3, 0.4) is 0 Å². The standard InChI is InChI=1S/C9H12N2O.H2O/c1-3-10-9(12)8-5-4-6-11-7(8)2;/h4-6H,3H2,1-2H3,(H,10,12);1H2. The molecule has 0 bridgehead atoms. The lowest BCUT2D eigenvalue weighted by molar-refractivity contribution is 0.0955. The number of rotatable bonds is 2. The summed E-state index contributed by atoms with van der Waals surface area (Å²) in [5.41, 5.74) is 1.42. The third-order valence-electron chi connectivity index (χ3n) is 1.59. The summed E-state index contributed by atoms with van der Waals surface area (Å²) >= 11 is 0. The van der Waals surface area contributed by atoms with Gasteiger partial charge < -0.3 is 10.8 Å². The van der Waals surface area contributed by atoms with Crippen LogP contribution in [0, 0.1) is 6.92 Å². The van der Waals surface area contributed by atoms with E-state index in [0.29, 0.717) is 12.1 Å². The molecule has 72 valence electrons. The number of amides is 1. The zero-order valence-corrected chi connectivity index (χ0v) is 7.79. The highest BCUT2D eigenvalue weighted by molar-refractivity contribution is 5.95. The predicted molar refractivity (Wildman–Crippen MR) is 50.6 cm³/mol. The van der Waals surface area contributed by atoms with Gasteiger partial charge in [-0.1, -0.05) is 0 Å². The van der Waals surface area contributed by atoms with Crippen molar-refractivity contribution in [3.05, 3.63) is 29.6 Å². The molecule has 4 nitrogen and oxygen atoms in total. The number of hydrogen-bond acceptors (Lipinski definition) is 2. The van der Waals surface area contributed by atoms with Crippen molar-refractivity contribution in [3.8, 4) is 0 Å². The van der Waals surface area contributed by atoms with E-state index in [2.05, 4.69) is 10.3 Å². The van der Waals surface area contributed by atoms with Crippen LogP contribution in [0.5, 0.6) is 0 Å². The van der Waals surface area contributed by atoms with Crippen molar-refractivity contribution >= 4 is 5.91 Å². The second-order valence-corrected chi connectivity index (χ2v) is 2.50. The summed E-state index contributed by atoms with van der Waals surface area (Å²) in [5, 5.41) is 2.72. The van der Waals surface area contributed by atoms with E-state index in [0.717, 1.165) is 5.69 Å². The molecular weight excluding hydrogens is 168 g/mol. The lowest BCUT2D eigenvalue weighted by Crippen LogP contribution is -2.23. The molecular formula is C9H14N2O2. The molecule has 0 aromatic carbocycles. The molecule has 0 saturated heterocycles. The van der Waals surface area contributed by atoms with Crippen molar-refractivity contribution in [2.24, 2.45) is 0 Å². The van der Waals surface area contributed by atoms with Crippen molar-refractivity contribution in [2.45, 2.75) is 13.8 Å². The minimum atomic E-state index is -0.0527. The van der Waals surface area contributed by atoms with Crippen molar-refractivity contribution in [1.82, 2.24) is 10.3 Å². The number of aryl methyl sites for hydroxylation is 1. The maximum absolute atomic E-state index is 11.3. The summed E-state index contributed by atoms with van der Waals surface area (Å²) in [7, 11) is 0. The molecule has 0 atom stereocenters. The SMILES string of the molecule is CCNC(=O)c1cccnc1C.O.